The Morgan fingerprint density at radius 1 is 1.44 bits per heavy atom. The minimum absolute atomic E-state index is 0.00287. The first kappa shape index (κ1) is 13.4. The average Bonchev–Trinajstić information content (AvgIpc) is 3.09. The molecule has 0 radical (unpaired) electrons. The molecule has 5 heteroatoms. The molecule has 0 saturated heterocycles. The maximum absolute atomic E-state index is 11.8. The number of amides is 1. The van der Waals surface area contributed by atoms with Crippen molar-refractivity contribution in [2.24, 2.45) is 0 Å². The van der Waals surface area contributed by atoms with Gasteiger partial charge in [0.1, 0.15) is 0 Å². The molecule has 2 rings (SSSR count). The zero-order valence-corrected chi connectivity index (χ0v) is 12.3. The number of carbonyl (C=O) groups is 1. The summed E-state index contributed by atoms with van der Waals surface area (Å²) >= 11 is 3.42. The van der Waals surface area contributed by atoms with E-state index in [1.165, 1.54) is 12.8 Å². The molecule has 1 aliphatic rings. The second-order valence-corrected chi connectivity index (χ2v) is 5.67. The molecule has 1 aromatic rings. The van der Waals surface area contributed by atoms with Gasteiger partial charge in [0.15, 0.2) is 0 Å². The number of halogens is 1. The highest BCUT2D eigenvalue weighted by Gasteiger charge is 2.21. The van der Waals surface area contributed by atoms with Crippen molar-refractivity contribution >= 4 is 33.2 Å². The maximum atomic E-state index is 11.8. The molecule has 0 spiro atoms. The molecule has 2 N–H and O–H groups in total. The molecular formula is C13H18BrN3O. The van der Waals surface area contributed by atoms with Crippen LogP contribution in [0.25, 0.3) is 0 Å². The molecule has 18 heavy (non-hydrogen) atoms. The number of carbonyl (C=O) groups excluding carboxylic acids is 1. The van der Waals surface area contributed by atoms with Gasteiger partial charge in [-0.1, -0.05) is 15.9 Å². The normalized spacial score (nSPS) is 14.4. The largest absolute Gasteiger partial charge is 0.376 e. The lowest BCUT2D eigenvalue weighted by Crippen LogP contribution is -2.30. The first-order valence-corrected chi connectivity index (χ1v) is 6.85. The Morgan fingerprint density at radius 3 is 2.78 bits per heavy atom. The van der Waals surface area contributed by atoms with Crippen LogP contribution in [-0.2, 0) is 4.79 Å². The molecule has 0 aromatic heterocycles. The van der Waals surface area contributed by atoms with Crippen LogP contribution in [0.4, 0.5) is 11.4 Å². The first-order valence-electron chi connectivity index (χ1n) is 6.06. The Morgan fingerprint density at radius 2 is 2.17 bits per heavy atom. The van der Waals surface area contributed by atoms with Crippen LogP contribution in [0.2, 0.25) is 0 Å². The third kappa shape index (κ3) is 3.71. The fourth-order valence-electron chi connectivity index (χ4n) is 1.72. The lowest BCUT2D eigenvalue weighted by atomic mass is 10.2. The topological polar surface area (TPSA) is 44.4 Å². The molecule has 4 nitrogen and oxygen atoms in total. The average molecular weight is 312 g/mol. The third-order valence-corrected chi connectivity index (χ3v) is 3.34. The second kappa shape index (κ2) is 5.71. The molecule has 1 amide bonds. The molecule has 1 fully saturated rings. The van der Waals surface area contributed by atoms with E-state index in [-0.39, 0.29) is 5.91 Å². The van der Waals surface area contributed by atoms with Crippen LogP contribution >= 0.6 is 15.9 Å². The van der Waals surface area contributed by atoms with Gasteiger partial charge in [-0.15, -0.1) is 0 Å². The highest BCUT2D eigenvalue weighted by molar-refractivity contribution is 9.10. The van der Waals surface area contributed by atoms with Crippen LogP contribution in [0.15, 0.2) is 22.7 Å². The Labute approximate surface area is 116 Å². The molecule has 1 aromatic carbocycles. The van der Waals surface area contributed by atoms with Crippen LogP contribution in [0, 0.1) is 0 Å². The first-order chi connectivity index (χ1) is 8.56. The molecule has 1 aliphatic carbocycles. The summed E-state index contributed by atoms with van der Waals surface area (Å²) in [6, 6.07) is 6.41. The molecule has 0 aliphatic heterocycles. The van der Waals surface area contributed by atoms with E-state index >= 15 is 0 Å². The minimum Gasteiger partial charge on any atom is -0.376 e. The molecule has 0 atom stereocenters. The fraction of sp³-hybridized carbons (Fsp3) is 0.462. The zero-order valence-electron chi connectivity index (χ0n) is 10.7. The fourth-order valence-corrected chi connectivity index (χ4v) is 2.08. The van der Waals surface area contributed by atoms with Gasteiger partial charge < -0.3 is 15.5 Å². The van der Waals surface area contributed by atoms with E-state index in [2.05, 4.69) is 26.6 Å². The maximum Gasteiger partial charge on any atom is 0.238 e. The number of nitrogens with one attached hydrogen (secondary N) is 2. The minimum atomic E-state index is 0.00287. The van der Waals surface area contributed by atoms with Crippen LogP contribution in [-0.4, -0.2) is 32.6 Å². The highest BCUT2D eigenvalue weighted by atomic mass is 79.9. The van der Waals surface area contributed by atoms with Crippen LogP contribution in [0.5, 0.6) is 0 Å². The highest BCUT2D eigenvalue weighted by Crippen LogP contribution is 2.28. The summed E-state index contributed by atoms with van der Waals surface area (Å²) in [5, 5.41) is 6.15. The predicted molar refractivity (Wildman–Crippen MR) is 78.1 cm³/mol. The number of nitrogens with zero attached hydrogens (tertiary/aromatic N) is 1. The van der Waals surface area contributed by atoms with Crippen LogP contribution < -0.4 is 15.5 Å². The number of benzene rings is 1. The number of hydrogen-bond acceptors (Lipinski definition) is 3. The van der Waals surface area contributed by atoms with Crippen molar-refractivity contribution in [1.29, 1.82) is 0 Å². The number of rotatable bonds is 5. The van der Waals surface area contributed by atoms with E-state index in [4.69, 9.17) is 0 Å². The van der Waals surface area contributed by atoms with Crippen LogP contribution in [0.3, 0.4) is 0 Å². The summed E-state index contributed by atoms with van der Waals surface area (Å²) < 4.78 is 0.957. The number of anilines is 2. The van der Waals surface area contributed by atoms with Gasteiger partial charge in [0.2, 0.25) is 5.91 Å². The molecule has 0 bridgehead atoms. The summed E-state index contributed by atoms with van der Waals surface area (Å²) in [6.45, 7) is 0.379. The van der Waals surface area contributed by atoms with E-state index < -0.39 is 0 Å². The monoisotopic (exact) mass is 311 g/mol. The van der Waals surface area contributed by atoms with Gasteiger partial charge in [-0.3, -0.25) is 4.79 Å². The molecule has 1 saturated carbocycles. The summed E-state index contributed by atoms with van der Waals surface area (Å²) in [5.41, 5.74) is 1.83. The molecule has 0 heterocycles. The van der Waals surface area contributed by atoms with Crippen molar-refractivity contribution in [3.05, 3.63) is 22.7 Å². The summed E-state index contributed by atoms with van der Waals surface area (Å²) in [6.07, 6.45) is 2.38. The van der Waals surface area contributed by atoms with E-state index in [9.17, 15) is 4.79 Å². The smallest absolute Gasteiger partial charge is 0.238 e. The SMILES string of the molecule is CN(C)c1ccc(Br)cc1NC(=O)CNC1CC1. The van der Waals surface area contributed by atoms with Gasteiger partial charge in [-0.2, -0.15) is 0 Å². The van der Waals surface area contributed by atoms with Crippen LogP contribution in [0.1, 0.15) is 12.8 Å². The van der Waals surface area contributed by atoms with Crippen molar-refractivity contribution in [3.63, 3.8) is 0 Å². The molecular weight excluding hydrogens is 294 g/mol. The second-order valence-electron chi connectivity index (χ2n) is 4.76. The third-order valence-electron chi connectivity index (χ3n) is 2.84. The van der Waals surface area contributed by atoms with Gasteiger partial charge in [0.05, 0.1) is 17.9 Å². The summed E-state index contributed by atoms with van der Waals surface area (Å²) in [4.78, 5) is 13.8. The van der Waals surface area contributed by atoms with Gasteiger partial charge >= 0.3 is 0 Å². The van der Waals surface area contributed by atoms with E-state index in [1.807, 2.05) is 37.2 Å². The van der Waals surface area contributed by atoms with Crippen molar-refractivity contribution in [2.45, 2.75) is 18.9 Å². The summed E-state index contributed by atoms with van der Waals surface area (Å²) in [7, 11) is 3.92. The quantitative estimate of drug-likeness (QED) is 0.876. The number of hydrogen-bond donors (Lipinski definition) is 2. The van der Waals surface area contributed by atoms with Gasteiger partial charge in [-0.25, -0.2) is 0 Å². The van der Waals surface area contributed by atoms with Crippen molar-refractivity contribution in [2.75, 3.05) is 30.9 Å². The summed E-state index contributed by atoms with van der Waals surface area (Å²) in [5.74, 6) is 0.00287. The van der Waals surface area contributed by atoms with Gasteiger partial charge in [0, 0.05) is 24.6 Å². The van der Waals surface area contributed by atoms with Crippen molar-refractivity contribution in [3.8, 4) is 0 Å². The Balaban J connectivity index is 2.01. The van der Waals surface area contributed by atoms with Gasteiger partial charge in [-0.05, 0) is 31.0 Å². The molecule has 0 unspecified atom stereocenters. The van der Waals surface area contributed by atoms with E-state index in [0.717, 1.165) is 15.8 Å². The zero-order chi connectivity index (χ0) is 13.1. The Kier molecular flexibility index (Phi) is 4.24. The lowest BCUT2D eigenvalue weighted by Gasteiger charge is -2.18. The lowest BCUT2D eigenvalue weighted by molar-refractivity contribution is -0.115. The van der Waals surface area contributed by atoms with E-state index in [0.29, 0.717) is 12.6 Å². The van der Waals surface area contributed by atoms with Gasteiger partial charge in [0.25, 0.3) is 0 Å². The van der Waals surface area contributed by atoms with Crippen molar-refractivity contribution < 1.29 is 4.79 Å². The Bertz CT molecular complexity index is 444. The predicted octanol–water partition coefficient (Wildman–Crippen LogP) is 2.21. The standard InChI is InChI=1S/C13H18BrN3O/c1-17(2)12-6-3-9(14)7-11(12)16-13(18)8-15-10-4-5-10/h3,6-7,10,15H,4-5,8H2,1-2H3,(H,16,18). The Hall–Kier alpha value is -1.07. The van der Waals surface area contributed by atoms with E-state index in [1.54, 1.807) is 0 Å². The van der Waals surface area contributed by atoms with Crippen molar-refractivity contribution in [1.82, 2.24) is 5.32 Å². The molecule has 98 valence electrons.